The second-order valence-corrected chi connectivity index (χ2v) is 4.98. The Hall–Kier alpha value is -0.500. The van der Waals surface area contributed by atoms with Crippen LogP contribution in [0.4, 0.5) is 17.6 Å². The van der Waals surface area contributed by atoms with Gasteiger partial charge in [0.15, 0.2) is 5.82 Å². The number of rotatable bonds is 1. The summed E-state index contributed by atoms with van der Waals surface area (Å²) in [5, 5.41) is 0.0994. The molecule has 0 unspecified atom stereocenters. The Morgan fingerprint density at radius 3 is 2.53 bits per heavy atom. The molecule has 7 heteroatoms. The Morgan fingerprint density at radius 2 is 1.94 bits per heavy atom. The molecular formula is C10H5ClF4IN. The minimum absolute atomic E-state index is 0.0150. The van der Waals surface area contributed by atoms with Crippen molar-refractivity contribution < 1.29 is 17.6 Å². The van der Waals surface area contributed by atoms with Gasteiger partial charge in [0.2, 0.25) is 0 Å². The van der Waals surface area contributed by atoms with Crippen LogP contribution in [0.1, 0.15) is 5.56 Å². The first kappa shape index (κ1) is 12.9. The van der Waals surface area contributed by atoms with Crippen LogP contribution in [-0.4, -0.2) is 11.2 Å². The van der Waals surface area contributed by atoms with Crippen LogP contribution in [-0.2, 0) is 6.42 Å². The summed E-state index contributed by atoms with van der Waals surface area (Å²) in [6.07, 6.45) is -5.42. The third kappa shape index (κ3) is 2.52. The van der Waals surface area contributed by atoms with Gasteiger partial charge in [-0.25, -0.2) is 4.39 Å². The maximum absolute atomic E-state index is 13.6. The van der Waals surface area contributed by atoms with E-state index in [9.17, 15) is 17.6 Å². The Bertz CT molecular complexity index is 576. The van der Waals surface area contributed by atoms with Crippen molar-refractivity contribution >= 4 is 45.1 Å². The van der Waals surface area contributed by atoms with Crippen LogP contribution in [0.15, 0.2) is 12.1 Å². The standard InChI is InChI=1S/C10H5ClF4IN/c11-6-2-1-4-5(3-10(13,14)15)9(16)17-8(4)7(6)12/h1-2,17H,3H2. The third-order valence-electron chi connectivity index (χ3n) is 2.30. The van der Waals surface area contributed by atoms with Crippen molar-refractivity contribution in [3.63, 3.8) is 0 Å². The normalized spacial score (nSPS) is 12.4. The summed E-state index contributed by atoms with van der Waals surface area (Å²) in [6.45, 7) is 0. The average Bonchev–Trinajstić information content (AvgIpc) is 2.49. The van der Waals surface area contributed by atoms with Crippen molar-refractivity contribution in [2.45, 2.75) is 12.6 Å². The number of aromatic amines is 1. The van der Waals surface area contributed by atoms with E-state index in [4.69, 9.17) is 11.6 Å². The van der Waals surface area contributed by atoms with Gasteiger partial charge in [0.05, 0.1) is 20.7 Å². The Balaban J connectivity index is 2.65. The number of H-pyrrole nitrogens is 1. The van der Waals surface area contributed by atoms with Crippen molar-refractivity contribution in [1.29, 1.82) is 0 Å². The molecule has 0 atom stereocenters. The van der Waals surface area contributed by atoms with Crippen LogP contribution in [0.25, 0.3) is 10.9 Å². The second kappa shape index (κ2) is 4.31. The number of benzene rings is 1. The van der Waals surface area contributed by atoms with Crippen molar-refractivity contribution in [1.82, 2.24) is 4.98 Å². The predicted molar refractivity (Wildman–Crippen MR) is 65.7 cm³/mol. The summed E-state index contributed by atoms with van der Waals surface area (Å²) >= 11 is 7.28. The van der Waals surface area contributed by atoms with Gasteiger partial charge in [-0.3, -0.25) is 0 Å². The van der Waals surface area contributed by atoms with Crippen LogP contribution >= 0.6 is 34.2 Å². The van der Waals surface area contributed by atoms with Crippen molar-refractivity contribution in [3.05, 3.63) is 32.2 Å². The molecule has 92 valence electrons. The summed E-state index contributed by atoms with van der Waals surface area (Å²) in [7, 11) is 0. The van der Waals surface area contributed by atoms with Gasteiger partial charge in [-0.15, -0.1) is 0 Å². The molecule has 17 heavy (non-hydrogen) atoms. The lowest BCUT2D eigenvalue weighted by molar-refractivity contribution is -0.127. The number of halogens is 6. The highest BCUT2D eigenvalue weighted by Gasteiger charge is 2.31. The number of nitrogens with one attached hydrogen (secondary N) is 1. The van der Waals surface area contributed by atoms with Gasteiger partial charge in [-0.2, -0.15) is 13.2 Å². The molecule has 1 aromatic carbocycles. The van der Waals surface area contributed by atoms with Crippen molar-refractivity contribution in [3.8, 4) is 0 Å². The van der Waals surface area contributed by atoms with Crippen molar-refractivity contribution in [2.75, 3.05) is 0 Å². The summed E-state index contributed by atoms with van der Waals surface area (Å²) in [5.41, 5.74) is 0.0600. The lowest BCUT2D eigenvalue weighted by Crippen LogP contribution is -2.12. The van der Waals surface area contributed by atoms with E-state index in [1.165, 1.54) is 12.1 Å². The van der Waals surface area contributed by atoms with E-state index in [0.29, 0.717) is 0 Å². The summed E-state index contributed by atoms with van der Waals surface area (Å²) < 4.78 is 51.0. The smallest absolute Gasteiger partial charge is 0.347 e. The first-order valence-electron chi connectivity index (χ1n) is 4.50. The molecule has 0 aliphatic rings. The summed E-state index contributed by atoms with van der Waals surface area (Å²) in [6, 6.07) is 2.64. The molecule has 1 nitrogen and oxygen atoms in total. The lowest BCUT2D eigenvalue weighted by Gasteiger charge is -2.05. The topological polar surface area (TPSA) is 15.8 Å². The Labute approximate surface area is 112 Å². The molecule has 2 rings (SSSR count). The zero-order valence-corrected chi connectivity index (χ0v) is 11.0. The van der Waals surface area contributed by atoms with E-state index in [1.54, 1.807) is 22.6 Å². The number of fused-ring (bicyclic) bond motifs is 1. The van der Waals surface area contributed by atoms with Gasteiger partial charge < -0.3 is 4.98 Å². The van der Waals surface area contributed by atoms with E-state index < -0.39 is 18.4 Å². The highest BCUT2D eigenvalue weighted by atomic mass is 127. The number of aromatic nitrogens is 1. The van der Waals surface area contributed by atoms with Gasteiger partial charge >= 0.3 is 6.18 Å². The van der Waals surface area contributed by atoms with E-state index in [-0.39, 0.29) is 25.2 Å². The minimum Gasteiger partial charge on any atom is -0.347 e. The van der Waals surface area contributed by atoms with E-state index >= 15 is 0 Å². The highest BCUT2D eigenvalue weighted by molar-refractivity contribution is 14.1. The van der Waals surface area contributed by atoms with Crippen LogP contribution in [0.2, 0.25) is 5.02 Å². The van der Waals surface area contributed by atoms with Gasteiger partial charge in [0.1, 0.15) is 0 Å². The minimum atomic E-state index is -4.33. The zero-order chi connectivity index (χ0) is 12.8. The number of alkyl halides is 3. The highest BCUT2D eigenvalue weighted by Crippen LogP contribution is 2.33. The summed E-state index contributed by atoms with van der Waals surface area (Å²) in [4.78, 5) is 2.59. The van der Waals surface area contributed by atoms with Crippen molar-refractivity contribution in [2.24, 2.45) is 0 Å². The lowest BCUT2D eigenvalue weighted by atomic mass is 10.1. The molecule has 0 saturated carbocycles. The molecule has 0 spiro atoms. The molecule has 0 bridgehead atoms. The fourth-order valence-corrected chi connectivity index (χ4v) is 2.51. The molecule has 1 heterocycles. The average molecular weight is 378 g/mol. The fourth-order valence-electron chi connectivity index (χ4n) is 1.60. The molecule has 1 N–H and O–H groups in total. The molecule has 0 aliphatic carbocycles. The number of hydrogen-bond acceptors (Lipinski definition) is 0. The molecule has 1 aromatic heterocycles. The molecule has 0 fully saturated rings. The largest absolute Gasteiger partial charge is 0.393 e. The van der Waals surface area contributed by atoms with Gasteiger partial charge in [0, 0.05) is 10.9 Å². The van der Waals surface area contributed by atoms with Crippen LogP contribution < -0.4 is 0 Å². The van der Waals surface area contributed by atoms with E-state index in [2.05, 4.69) is 4.98 Å². The molecule has 0 amide bonds. The Morgan fingerprint density at radius 1 is 1.29 bits per heavy atom. The first-order valence-corrected chi connectivity index (χ1v) is 5.96. The molecular weight excluding hydrogens is 372 g/mol. The molecule has 2 aromatic rings. The summed E-state index contributed by atoms with van der Waals surface area (Å²) in [5.74, 6) is -0.726. The first-order chi connectivity index (χ1) is 7.79. The molecule has 0 saturated heterocycles. The molecule has 0 radical (unpaired) electrons. The van der Waals surface area contributed by atoms with E-state index in [0.717, 1.165) is 0 Å². The van der Waals surface area contributed by atoms with Gasteiger partial charge in [-0.1, -0.05) is 17.7 Å². The molecule has 0 aliphatic heterocycles. The fraction of sp³-hybridized carbons (Fsp3) is 0.200. The Kier molecular flexibility index (Phi) is 3.28. The third-order valence-corrected chi connectivity index (χ3v) is 3.51. The monoisotopic (exact) mass is 377 g/mol. The second-order valence-electron chi connectivity index (χ2n) is 3.49. The maximum Gasteiger partial charge on any atom is 0.393 e. The van der Waals surface area contributed by atoms with Gasteiger partial charge in [-0.05, 0) is 28.7 Å². The van der Waals surface area contributed by atoms with E-state index in [1.807, 2.05) is 0 Å². The van der Waals surface area contributed by atoms with Crippen LogP contribution in [0, 0.1) is 9.52 Å². The number of hydrogen-bond donors (Lipinski definition) is 1. The zero-order valence-electron chi connectivity index (χ0n) is 8.13. The van der Waals surface area contributed by atoms with Gasteiger partial charge in [0.25, 0.3) is 0 Å². The SMILES string of the molecule is Fc1c(Cl)ccc2c(CC(F)(F)F)c(I)[nH]c12. The van der Waals surface area contributed by atoms with Crippen LogP contribution in [0.5, 0.6) is 0 Å². The quantitative estimate of drug-likeness (QED) is 0.549. The van der Waals surface area contributed by atoms with Crippen LogP contribution in [0.3, 0.4) is 0 Å². The predicted octanol–water partition coefficient (Wildman–Crippen LogP) is 4.67. The maximum atomic E-state index is 13.6.